The summed E-state index contributed by atoms with van der Waals surface area (Å²) in [6, 6.07) is 3.08. The van der Waals surface area contributed by atoms with E-state index in [1.807, 2.05) is 40.7 Å². The third-order valence-electron chi connectivity index (χ3n) is 5.57. The van der Waals surface area contributed by atoms with Crippen molar-refractivity contribution in [2.45, 2.75) is 65.5 Å². The lowest BCUT2D eigenvalue weighted by molar-refractivity contribution is -0.155. The van der Waals surface area contributed by atoms with Gasteiger partial charge in [-0.15, -0.1) is 0 Å². The number of halogens is 1. The largest absolute Gasteiger partial charge is 0.482 e. The van der Waals surface area contributed by atoms with Gasteiger partial charge in [0.25, 0.3) is 5.91 Å². The Labute approximate surface area is 190 Å². The molecule has 1 saturated heterocycles. The van der Waals surface area contributed by atoms with Crippen LogP contribution in [-0.2, 0) is 24.2 Å². The molecule has 2 atom stereocenters. The topological polar surface area (TPSA) is 90.0 Å². The summed E-state index contributed by atoms with van der Waals surface area (Å²) in [5, 5.41) is 0.628. The Morgan fingerprint density at radius 1 is 1.23 bits per heavy atom. The van der Waals surface area contributed by atoms with E-state index in [0.717, 1.165) is 11.1 Å². The Kier molecular flexibility index (Phi) is 8.77. The zero-order chi connectivity index (χ0) is 23.3. The molecule has 9 heteroatoms. The molecule has 1 amide bonds. The monoisotopic (exact) mass is 473 g/mol. The maximum absolute atomic E-state index is 12.7. The quantitative estimate of drug-likeness (QED) is 0.510. The highest BCUT2D eigenvalue weighted by molar-refractivity contribution is 7.91. The second-order valence-corrected chi connectivity index (χ2v) is 11.0. The summed E-state index contributed by atoms with van der Waals surface area (Å²) in [5.41, 5.74) is 1.71. The van der Waals surface area contributed by atoms with Crippen LogP contribution in [-0.4, -0.2) is 62.0 Å². The normalized spacial score (nSPS) is 18.6. The highest BCUT2D eigenvalue weighted by atomic mass is 35.5. The van der Waals surface area contributed by atoms with E-state index >= 15 is 0 Å². The molecule has 7 nitrogen and oxygen atoms in total. The number of sulfone groups is 1. The van der Waals surface area contributed by atoms with Gasteiger partial charge in [-0.05, 0) is 55.9 Å². The molecule has 0 radical (unpaired) electrons. The van der Waals surface area contributed by atoms with Gasteiger partial charge in [-0.1, -0.05) is 32.4 Å². The van der Waals surface area contributed by atoms with Crippen molar-refractivity contribution in [3.8, 4) is 5.75 Å². The third kappa shape index (κ3) is 6.84. The van der Waals surface area contributed by atoms with Crippen LogP contribution in [0.5, 0.6) is 5.75 Å². The second kappa shape index (κ2) is 10.7. The van der Waals surface area contributed by atoms with Crippen molar-refractivity contribution < 1.29 is 27.5 Å². The molecule has 0 aromatic heterocycles. The number of hydrogen-bond acceptors (Lipinski definition) is 6. The molecule has 0 saturated carbocycles. The average Bonchev–Trinajstić information content (AvgIpc) is 3.05. The van der Waals surface area contributed by atoms with Crippen LogP contribution in [0.15, 0.2) is 12.1 Å². The van der Waals surface area contributed by atoms with Crippen LogP contribution >= 0.6 is 11.6 Å². The summed E-state index contributed by atoms with van der Waals surface area (Å²) in [6.45, 7) is 8.85. The van der Waals surface area contributed by atoms with Crippen molar-refractivity contribution >= 4 is 33.3 Å². The lowest BCUT2D eigenvalue weighted by Gasteiger charge is -2.33. The molecule has 1 aliphatic rings. The highest BCUT2D eigenvalue weighted by Gasteiger charge is 2.36. The van der Waals surface area contributed by atoms with Crippen molar-refractivity contribution in [1.82, 2.24) is 4.90 Å². The van der Waals surface area contributed by atoms with Gasteiger partial charge in [-0.3, -0.25) is 4.79 Å². The van der Waals surface area contributed by atoms with E-state index in [1.165, 1.54) is 0 Å². The lowest BCUT2D eigenvalue weighted by Crippen LogP contribution is -2.48. The van der Waals surface area contributed by atoms with E-state index in [4.69, 9.17) is 21.1 Å². The number of esters is 1. The van der Waals surface area contributed by atoms with Crippen molar-refractivity contribution in [2.24, 2.45) is 0 Å². The van der Waals surface area contributed by atoms with E-state index in [0.29, 0.717) is 23.6 Å². The first-order valence-electron chi connectivity index (χ1n) is 10.5. The second-order valence-electron chi connectivity index (χ2n) is 8.36. The molecule has 0 spiro atoms. The van der Waals surface area contributed by atoms with Gasteiger partial charge < -0.3 is 14.4 Å². The molecule has 1 fully saturated rings. The Balaban J connectivity index is 1.97. The summed E-state index contributed by atoms with van der Waals surface area (Å²) in [4.78, 5) is 26.5. The van der Waals surface area contributed by atoms with Gasteiger partial charge in [-0.25, -0.2) is 13.2 Å². The standard InChI is InChI=1S/C22H32ClNO6S/c1-6-16(5)24(17-7-8-31(27,28)13-17)21(25)11-30-22(26)12-29-20-9-15(4)19(23)10-18(20)14(2)3/h9-10,14,16-17H,6-8,11-13H2,1-5H3/t16-,17-/m1/s1. The molecule has 2 rings (SSSR count). The molecule has 0 aliphatic carbocycles. The van der Waals surface area contributed by atoms with Gasteiger partial charge in [0.05, 0.1) is 11.5 Å². The van der Waals surface area contributed by atoms with Crippen LogP contribution in [0.1, 0.15) is 57.6 Å². The minimum Gasteiger partial charge on any atom is -0.482 e. The fourth-order valence-electron chi connectivity index (χ4n) is 3.64. The molecule has 31 heavy (non-hydrogen) atoms. The molecule has 1 aromatic rings. The maximum atomic E-state index is 12.7. The maximum Gasteiger partial charge on any atom is 0.344 e. The van der Waals surface area contributed by atoms with Crippen LogP contribution in [0.3, 0.4) is 0 Å². The van der Waals surface area contributed by atoms with Gasteiger partial charge >= 0.3 is 5.97 Å². The van der Waals surface area contributed by atoms with Crippen LogP contribution in [0.4, 0.5) is 0 Å². The molecule has 1 heterocycles. The average molecular weight is 474 g/mol. The van der Waals surface area contributed by atoms with E-state index < -0.39 is 28.3 Å². The minimum atomic E-state index is -3.14. The predicted molar refractivity (Wildman–Crippen MR) is 120 cm³/mol. The van der Waals surface area contributed by atoms with Gasteiger partial charge in [0.15, 0.2) is 23.1 Å². The zero-order valence-electron chi connectivity index (χ0n) is 18.8. The lowest BCUT2D eigenvalue weighted by atomic mass is 10.0. The van der Waals surface area contributed by atoms with Crippen molar-refractivity contribution in [1.29, 1.82) is 0 Å². The Hall–Kier alpha value is -1.80. The van der Waals surface area contributed by atoms with Crippen molar-refractivity contribution in [3.63, 3.8) is 0 Å². The Morgan fingerprint density at radius 3 is 2.45 bits per heavy atom. The van der Waals surface area contributed by atoms with Crippen LogP contribution in [0.2, 0.25) is 5.02 Å². The molecule has 174 valence electrons. The number of ether oxygens (including phenoxy) is 2. The number of aryl methyl sites for hydroxylation is 1. The molecular formula is C22H32ClNO6S. The van der Waals surface area contributed by atoms with Crippen molar-refractivity contribution in [2.75, 3.05) is 24.7 Å². The molecule has 0 N–H and O–H groups in total. The summed E-state index contributed by atoms with van der Waals surface area (Å²) >= 11 is 6.19. The first-order valence-corrected chi connectivity index (χ1v) is 12.7. The van der Waals surface area contributed by atoms with Gasteiger partial charge in [0.2, 0.25) is 0 Å². The minimum absolute atomic E-state index is 0.0476. The first-order chi connectivity index (χ1) is 14.4. The van der Waals surface area contributed by atoms with Gasteiger partial charge in [0.1, 0.15) is 5.75 Å². The summed E-state index contributed by atoms with van der Waals surface area (Å²) < 4.78 is 34.5. The van der Waals surface area contributed by atoms with E-state index in [2.05, 4.69) is 0 Å². The third-order valence-corrected chi connectivity index (χ3v) is 7.73. The van der Waals surface area contributed by atoms with E-state index in [1.54, 1.807) is 11.0 Å². The van der Waals surface area contributed by atoms with Crippen LogP contribution in [0.25, 0.3) is 0 Å². The number of rotatable bonds is 9. The number of amides is 1. The SMILES string of the molecule is CC[C@@H](C)N(C(=O)COC(=O)COc1cc(C)c(Cl)cc1C(C)C)[C@@H]1CCS(=O)(=O)C1. The summed E-state index contributed by atoms with van der Waals surface area (Å²) in [5.74, 6) is -0.332. The Bertz CT molecular complexity index is 915. The number of benzene rings is 1. The predicted octanol–water partition coefficient (Wildman–Crippen LogP) is 3.51. The molecule has 1 aliphatic heterocycles. The number of nitrogens with zero attached hydrogens (tertiary/aromatic N) is 1. The zero-order valence-corrected chi connectivity index (χ0v) is 20.4. The molecule has 1 aromatic carbocycles. The summed E-state index contributed by atoms with van der Waals surface area (Å²) in [7, 11) is -3.14. The van der Waals surface area contributed by atoms with Crippen molar-refractivity contribution in [3.05, 3.63) is 28.3 Å². The van der Waals surface area contributed by atoms with Crippen LogP contribution < -0.4 is 4.74 Å². The van der Waals surface area contributed by atoms with E-state index in [-0.39, 0.29) is 36.1 Å². The fourth-order valence-corrected chi connectivity index (χ4v) is 5.53. The van der Waals surface area contributed by atoms with Gasteiger partial charge in [-0.2, -0.15) is 0 Å². The molecule has 0 unspecified atom stereocenters. The van der Waals surface area contributed by atoms with Gasteiger partial charge in [0, 0.05) is 17.1 Å². The summed E-state index contributed by atoms with van der Waals surface area (Å²) in [6.07, 6.45) is 1.08. The first kappa shape index (κ1) is 25.5. The van der Waals surface area contributed by atoms with E-state index in [9.17, 15) is 18.0 Å². The number of carbonyl (C=O) groups is 2. The Morgan fingerprint density at radius 2 is 1.90 bits per heavy atom. The number of hydrogen-bond donors (Lipinski definition) is 0. The highest BCUT2D eigenvalue weighted by Crippen LogP contribution is 2.32. The van der Waals surface area contributed by atoms with Crippen LogP contribution in [0, 0.1) is 6.92 Å². The molecule has 0 bridgehead atoms. The fraction of sp³-hybridized carbons (Fsp3) is 0.636. The number of carbonyl (C=O) groups excluding carboxylic acids is 2. The smallest absolute Gasteiger partial charge is 0.344 e. The molecular weight excluding hydrogens is 442 g/mol.